The molecule has 1 saturated heterocycles. The van der Waals surface area contributed by atoms with Crippen LogP contribution in [0.2, 0.25) is 0 Å². The summed E-state index contributed by atoms with van der Waals surface area (Å²) in [4.78, 5) is 25.9. The second-order valence-electron chi connectivity index (χ2n) is 6.56. The fourth-order valence-electron chi connectivity index (χ4n) is 2.80. The third-order valence-electron chi connectivity index (χ3n) is 4.14. The van der Waals surface area contributed by atoms with E-state index in [2.05, 4.69) is 10.6 Å². The van der Waals surface area contributed by atoms with Gasteiger partial charge in [0.2, 0.25) is 5.91 Å². The molecule has 1 aromatic carbocycles. The fraction of sp³-hybridized carbons (Fsp3) is 0.556. The molecule has 1 atom stereocenters. The Balaban J connectivity index is 0.00000288. The quantitative estimate of drug-likeness (QED) is 0.853. The molecule has 0 saturated carbocycles. The Morgan fingerprint density at radius 2 is 1.96 bits per heavy atom. The van der Waals surface area contributed by atoms with Gasteiger partial charge in [-0.25, -0.2) is 0 Å². The van der Waals surface area contributed by atoms with Crippen molar-refractivity contribution in [3.8, 4) is 0 Å². The van der Waals surface area contributed by atoms with Crippen molar-refractivity contribution in [3.63, 3.8) is 0 Å². The van der Waals surface area contributed by atoms with Crippen molar-refractivity contribution in [1.29, 1.82) is 0 Å². The molecular weight excluding hydrogens is 326 g/mol. The summed E-state index contributed by atoms with van der Waals surface area (Å²) in [6.45, 7) is 6.22. The lowest BCUT2D eigenvalue weighted by atomic mass is 10.1. The first-order valence-electron chi connectivity index (χ1n) is 8.33. The van der Waals surface area contributed by atoms with Crippen LogP contribution >= 0.6 is 12.4 Å². The van der Waals surface area contributed by atoms with E-state index < -0.39 is 0 Å². The smallest absolute Gasteiger partial charge is 0.251 e. The standard InChI is InChI=1S/C18H27N3O2.ClH/c1-13(2)18(23)21(3)12-14-6-8-15(9-7-14)17(22)20-16-5-4-10-19-11-16;/h6-9,13,16,19H,4-5,10-12H2,1-3H3,(H,20,22);1H. The van der Waals surface area contributed by atoms with E-state index in [9.17, 15) is 9.59 Å². The van der Waals surface area contributed by atoms with E-state index in [1.165, 1.54) is 0 Å². The number of carbonyl (C=O) groups is 2. The maximum absolute atomic E-state index is 12.2. The number of piperidine rings is 1. The second kappa shape index (κ2) is 9.64. The van der Waals surface area contributed by atoms with Gasteiger partial charge in [0.1, 0.15) is 0 Å². The summed E-state index contributed by atoms with van der Waals surface area (Å²) in [5.74, 6) is 0.0858. The van der Waals surface area contributed by atoms with Crippen molar-refractivity contribution in [2.24, 2.45) is 5.92 Å². The number of carbonyl (C=O) groups excluding carboxylic acids is 2. The largest absolute Gasteiger partial charge is 0.348 e. The summed E-state index contributed by atoms with van der Waals surface area (Å²) in [5.41, 5.74) is 1.69. The number of rotatable bonds is 5. The molecule has 1 aromatic rings. The molecule has 0 bridgehead atoms. The average Bonchev–Trinajstić information content (AvgIpc) is 2.55. The summed E-state index contributed by atoms with van der Waals surface area (Å²) in [7, 11) is 1.80. The predicted molar refractivity (Wildman–Crippen MR) is 98.4 cm³/mol. The number of halogens is 1. The third-order valence-corrected chi connectivity index (χ3v) is 4.14. The summed E-state index contributed by atoms with van der Waals surface area (Å²) in [6.07, 6.45) is 2.12. The number of benzene rings is 1. The van der Waals surface area contributed by atoms with Crippen molar-refractivity contribution in [1.82, 2.24) is 15.5 Å². The van der Waals surface area contributed by atoms with Gasteiger partial charge in [-0.2, -0.15) is 0 Å². The van der Waals surface area contributed by atoms with E-state index in [0.29, 0.717) is 12.1 Å². The Morgan fingerprint density at radius 3 is 2.50 bits per heavy atom. The van der Waals surface area contributed by atoms with Crippen molar-refractivity contribution >= 4 is 24.2 Å². The normalized spacial score (nSPS) is 17.1. The minimum absolute atomic E-state index is 0. The first-order valence-corrected chi connectivity index (χ1v) is 8.33. The lowest BCUT2D eigenvalue weighted by Crippen LogP contribution is -2.45. The van der Waals surface area contributed by atoms with Crippen LogP contribution < -0.4 is 10.6 Å². The van der Waals surface area contributed by atoms with Crippen molar-refractivity contribution in [3.05, 3.63) is 35.4 Å². The Hall–Kier alpha value is -1.59. The zero-order valence-corrected chi connectivity index (χ0v) is 15.5. The van der Waals surface area contributed by atoms with Crippen LogP contribution in [-0.2, 0) is 11.3 Å². The van der Waals surface area contributed by atoms with Gasteiger partial charge in [0.15, 0.2) is 0 Å². The molecule has 1 heterocycles. The molecule has 2 rings (SSSR count). The molecule has 2 amide bonds. The van der Waals surface area contributed by atoms with E-state index >= 15 is 0 Å². The highest BCUT2D eigenvalue weighted by Crippen LogP contribution is 2.10. The molecule has 1 fully saturated rings. The summed E-state index contributed by atoms with van der Waals surface area (Å²) in [5, 5.41) is 6.35. The molecule has 0 aromatic heterocycles. The molecule has 0 aliphatic carbocycles. The van der Waals surface area contributed by atoms with Crippen LogP contribution in [0, 0.1) is 5.92 Å². The van der Waals surface area contributed by atoms with E-state index in [-0.39, 0.29) is 36.2 Å². The number of nitrogens with zero attached hydrogens (tertiary/aromatic N) is 1. The van der Waals surface area contributed by atoms with Gasteiger partial charge in [0, 0.05) is 37.7 Å². The lowest BCUT2D eigenvalue weighted by Gasteiger charge is -2.24. The highest BCUT2D eigenvalue weighted by atomic mass is 35.5. The Kier molecular flexibility index (Phi) is 8.22. The summed E-state index contributed by atoms with van der Waals surface area (Å²) >= 11 is 0. The van der Waals surface area contributed by atoms with Crippen LogP contribution in [0.15, 0.2) is 24.3 Å². The molecule has 134 valence electrons. The fourth-order valence-corrected chi connectivity index (χ4v) is 2.80. The first-order chi connectivity index (χ1) is 11.0. The van der Waals surface area contributed by atoms with E-state index in [1.54, 1.807) is 11.9 Å². The van der Waals surface area contributed by atoms with E-state index in [1.807, 2.05) is 38.1 Å². The number of nitrogens with one attached hydrogen (secondary N) is 2. The Labute approximate surface area is 150 Å². The Morgan fingerprint density at radius 1 is 1.29 bits per heavy atom. The summed E-state index contributed by atoms with van der Waals surface area (Å²) in [6, 6.07) is 7.70. The van der Waals surface area contributed by atoms with Gasteiger partial charge in [0.05, 0.1) is 0 Å². The van der Waals surface area contributed by atoms with Crippen LogP contribution in [0.1, 0.15) is 42.6 Å². The monoisotopic (exact) mass is 353 g/mol. The molecular formula is C18H28ClN3O2. The lowest BCUT2D eigenvalue weighted by molar-refractivity contribution is -0.133. The Bertz CT molecular complexity index is 540. The molecule has 6 heteroatoms. The van der Waals surface area contributed by atoms with Crippen molar-refractivity contribution in [2.45, 2.75) is 39.3 Å². The van der Waals surface area contributed by atoms with Crippen molar-refractivity contribution in [2.75, 3.05) is 20.1 Å². The topological polar surface area (TPSA) is 61.4 Å². The van der Waals surface area contributed by atoms with Crippen LogP contribution in [-0.4, -0.2) is 42.9 Å². The maximum Gasteiger partial charge on any atom is 0.251 e. The number of hydrogen-bond donors (Lipinski definition) is 2. The molecule has 0 spiro atoms. The molecule has 24 heavy (non-hydrogen) atoms. The van der Waals surface area contributed by atoms with Gasteiger partial charge in [-0.1, -0.05) is 26.0 Å². The van der Waals surface area contributed by atoms with Gasteiger partial charge in [-0.3, -0.25) is 9.59 Å². The van der Waals surface area contributed by atoms with E-state index in [4.69, 9.17) is 0 Å². The third kappa shape index (κ3) is 5.80. The minimum Gasteiger partial charge on any atom is -0.348 e. The van der Waals surface area contributed by atoms with Gasteiger partial charge in [-0.05, 0) is 37.1 Å². The summed E-state index contributed by atoms with van der Waals surface area (Å²) < 4.78 is 0. The van der Waals surface area contributed by atoms with Gasteiger partial charge in [0.25, 0.3) is 5.91 Å². The second-order valence-corrected chi connectivity index (χ2v) is 6.56. The molecule has 2 N–H and O–H groups in total. The maximum atomic E-state index is 12.2. The van der Waals surface area contributed by atoms with Crippen LogP contribution in [0.5, 0.6) is 0 Å². The predicted octanol–water partition coefficient (Wildman–Crippen LogP) is 2.20. The van der Waals surface area contributed by atoms with Crippen LogP contribution in [0.4, 0.5) is 0 Å². The van der Waals surface area contributed by atoms with E-state index in [0.717, 1.165) is 31.5 Å². The van der Waals surface area contributed by atoms with Crippen LogP contribution in [0.3, 0.4) is 0 Å². The highest BCUT2D eigenvalue weighted by Gasteiger charge is 2.17. The molecule has 1 aliphatic rings. The molecule has 1 aliphatic heterocycles. The highest BCUT2D eigenvalue weighted by molar-refractivity contribution is 5.94. The molecule has 0 radical (unpaired) electrons. The molecule has 5 nitrogen and oxygen atoms in total. The number of amides is 2. The first kappa shape index (κ1) is 20.5. The number of hydrogen-bond acceptors (Lipinski definition) is 3. The molecule has 1 unspecified atom stereocenters. The van der Waals surface area contributed by atoms with Crippen LogP contribution in [0.25, 0.3) is 0 Å². The zero-order valence-electron chi connectivity index (χ0n) is 14.7. The van der Waals surface area contributed by atoms with Crippen molar-refractivity contribution < 1.29 is 9.59 Å². The zero-order chi connectivity index (χ0) is 16.8. The van der Waals surface area contributed by atoms with Gasteiger partial charge < -0.3 is 15.5 Å². The average molecular weight is 354 g/mol. The SMILES string of the molecule is CC(C)C(=O)N(C)Cc1ccc(C(=O)NC2CCCNC2)cc1.Cl. The minimum atomic E-state index is -0.0307. The van der Waals surface area contributed by atoms with Gasteiger partial charge in [-0.15, -0.1) is 12.4 Å². The van der Waals surface area contributed by atoms with Gasteiger partial charge >= 0.3 is 0 Å².